The van der Waals surface area contributed by atoms with Crippen molar-refractivity contribution in [3.8, 4) is 0 Å². The summed E-state index contributed by atoms with van der Waals surface area (Å²) >= 11 is 0. The second-order valence-corrected chi connectivity index (χ2v) is 5.85. The van der Waals surface area contributed by atoms with Gasteiger partial charge in [0.1, 0.15) is 0 Å². The van der Waals surface area contributed by atoms with Crippen molar-refractivity contribution in [3.63, 3.8) is 0 Å². The molecule has 1 fully saturated rings. The summed E-state index contributed by atoms with van der Waals surface area (Å²) in [5.74, 6) is 0.280. The number of carbonyl (C=O) groups is 1. The predicted molar refractivity (Wildman–Crippen MR) is 89.6 cm³/mol. The number of nitrogens with zero attached hydrogens (tertiary/aromatic N) is 1. The summed E-state index contributed by atoms with van der Waals surface area (Å²) in [5, 5.41) is 0. The molecule has 2 atom stereocenters. The Morgan fingerprint density at radius 2 is 2.05 bits per heavy atom. The van der Waals surface area contributed by atoms with Gasteiger partial charge in [-0.15, -0.1) is 12.4 Å². The third-order valence-corrected chi connectivity index (χ3v) is 4.18. The number of carbonyl (C=O) groups excluding carboxylic acids is 1. The van der Waals surface area contributed by atoms with E-state index in [4.69, 9.17) is 5.73 Å². The van der Waals surface area contributed by atoms with Crippen molar-refractivity contribution in [2.24, 2.45) is 5.73 Å². The predicted octanol–water partition coefficient (Wildman–Crippen LogP) is 3.16. The summed E-state index contributed by atoms with van der Waals surface area (Å²) in [6.07, 6.45) is 5.90. The van der Waals surface area contributed by atoms with Crippen LogP contribution in [0.2, 0.25) is 0 Å². The Kier molecular flexibility index (Phi) is 7.76. The minimum Gasteiger partial charge on any atom is -0.338 e. The molecule has 3 nitrogen and oxygen atoms in total. The molecule has 1 aromatic rings. The summed E-state index contributed by atoms with van der Waals surface area (Å²) in [6, 6.07) is 10.7. The first-order chi connectivity index (χ1) is 9.68. The number of aryl methyl sites for hydroxylation is 1. The van der Waals surface area contributed by atoms with E-state index in [-0.39, 0.29) is 30.4 Å². The van der Waals surface area contributed by atoms with Gasteiger partial charge in [0.05, 0.1) is 0 Å². The van der Waals surface area contributed by atoms with Crippen LogP contribution in [0, 0.1) is 0 Å². The quantitative estimate of drug-likeness (QED) is 0.908. The fourth-order valence-corrected chi connectivity index (χ4v) is 3.05. The third kappa shape index (κ3) is 5.33. The standard InChI is InChI=1S/C17H26N2O.ClH/c1-14(18)16-11-5-6-13-19(16)17(20)12-7-10-15-8-3-2-4-9-15;/h2-4,8-9,14,16H,5-7,10-13,18H2,1H3;1H. The molecule has 1 aromatic carbocycles. The van der Waals surface area contributed by atoms with Crippen LogP contribution in [0.4, 0.5) is 0 Å². The Balaban J connectivity index is 0.00000220. The molecule has 2 unspecified atom stereocenters. The monoisotopic (exact) mass is 310 g/mol. The first kappa shape index (κ1) is 18.0. The fourth-order valence-electron chi connectivity index (χ4n) is 3.05. The topological polar surface area (TPSA) is 46.3 Å². The van der Waals surface area contributed by atoms with Crippen molar-refractivity contribution in [3.05, 3.63) is 35.9 Å². The van der Waals surface area contributed by atoms with E-state index in [1.807, 2.05) is 30.0 Å². The molecule has 1 aliphatic rings. The summed E-state index contributed by atoms with van der Waals surface area (Å²) < 4.78 is 0. The molecule has 2 rings (SSSR count). The molecular formula is C17H27ClN2O. The Morgan fingerprint density at radius 1 is 1.33 bits per heavy atom. The molecule has 0 bridgehead atoms. The zero-order valence-electron chi connectivity index (χ0n) is 12.8. The van der Waals surface area contributed by atoms with Crippen LogP contribution in [0.1, 0.15) is 44.6 Å². The minimum absolute atomic E-state index is 0. The van der Waals surface area contributed by atoms with E-state index in [2.05, 4.69) is 12.1 Å². The molecule has 0 aromatic heterocycles. The van der Waals surface area contributed by atoms with Gasteiger partial charge in [-0.1, -0.05) is 30.3 Å². The number of piperidine rings is 1. The van der Waals surface area contributed by atoms with Crippen molar-refractivity contribution >= 4 is 18.3 Å². The number of hydrogen-bond acceptors (Lipinski definition) is 2. The second kappa shape index (κ2) is 9.06. The van der Waals surface area contributed by atoms with Crippen LogP contribution in [0.3, 0.4) is 0 Å². The largest absolute Gasteiger partial charge is 0.338 e. The Hall–Kier alpha value is -1.06. The van der Waals surface area contributed by atoms with Crippen molar-refractivity contribution in [1.29, 1.82) is 0 Å². The number of rotatable bonds is 5. The first-order valence-corrected chi connectivity index (χ1v) is 7.77. The van der Waals surface area contributed by atoms with Crippen LogP contribution >= 0.6 is 12.4 Å². The van der Waals surface area contributed by atoms with E-state index in [9.17, 15) is 4.79 Å². The maximum absolute atomic E-state index is 12.4. The number of amides is 1. The van der Waals surface area contributed by atoms with E-state index < -0.39 is 0 Å². The molecule has 1 amide bonds. The number of nitrogens with two attached hydrogens (primary N) is 1. The Bertz CT molecular complexity index is 422. The lowest BCUT2D eigenvalue weighted by atomic mass is 9.96. The Labute approximate surface area is 134 Å². The second-order valence-electron chi connectivity index (χ2n) is 5.85. The number of halogens is 1. The molecule has 2 N–H and O–H groups in total. The van der Waals surface area contributed by atoms with E-state index in [0.717, 1.165) is 32.2 Å². The zero-order valence-corrected chi connectivity index (χ0v) is 13.6. The number of likely N-dealkylation sites (tertiary alicyclic amines) is 1. The highest BCUT2D eigenvalue weighted by Crippen LogP contribution is 2.20. The van der Waals surface area contributed by atoms with Gasteiger partial charge in [-0.2, -0.15) is 0 Å². The highest BCUT2D eigenvalue weighted by Gasteiger charge is 2.28. The summed E-state index contributed by atoms with van der Waals surface area (Å²) in [7, 11) is 0. The van der Waals surface area contributed by atoms with Gasteiger partial charge in [0.2, 0.25) is 5.91 Å². The van der Waals surface area contributed by atoms with E-state index in [0.29, 0.717) is 6.42 Å². The lowest BCUT2D eigenvalue weighted by molar-refractivity contribution is -0.135. The molecule has 0 radical (unpaired) electrons. The maximum atomic E-state index is 12.4. The molecule has 21 heavy (non-hydrogen) atoms. The van der Waals surface area contributed by atoms with Crippen LogP contribution in [0.5, 0.6) is 0 Å². The van der Waals surface area contributed by atoms with Crippen LogP contribution in [-0.4, -0.2) is 29.4 Å². The van der Waals surface area contributed by atoms with Crippen LogP contribution in [-0.2, 0) is 11.2 Å². The van der Waals surface area contributed by atoms with Gasteiger partial charge in [-0.25, -0.2) is 0 Å². The molecule has 118 valence electrons. The first-order valence-electron chi connectivity index (χ1n) is 7.77. The van der Waals surface area contributed by atoms with Gasteiger partial charge in [0.15, 0.2) is 0 Å². The summed E-state index contributed by atoms with van der Waals surface area (Å²) in [4.78, 5) is 14.4. The summed E-state index contributed by atoms with van der Waals surface area (Å²) in [5.41, 5.74) is 7.33. The lowest BCUT2D eigenvalue weighted by Crippen LogP contribution is -2.51. The van der Waals surface area contributed by atoms with Gasteiger partial charge < -0.3 is 10.6 Å². The number of hydrogen-bond donors (Lipinski definition) is 1. The van der Waals surface area contributed by atoms with Crippen molar-refractivity contribution in [2.75, 3.05) is 6.54 Å². The van der Waals surface area contributed by atoms with E-state index in [1.165, 1.54) is 12.0 Å². The Morgan fingerprint density at radius 3 is 2.71 bits per heavy atom. The molecule has 0 saturated carbocycles. The molecular weight excluding hydrogens is 284 g/mol. The summed E-state index contributed by atoms with van der Waals surface area (Å²) in [6.45, 7) is 2.90. The van der Waals surface area contributed by atoms with Gasteiger partial charge >= 0.3 is 0 Å². The highest BCUT2D eigenvalue weighted by molar-refractivity contribution is 5.85. The molecule has 1 heterocycles. The van der Waals surface area contributed by atoms with Crippen LogP contribution < -0.4 is 5.73 Å². The van der Waals surface area contributed by atoms with E-state index in [1.54, 1.807) is 0 Å². The van der Waals surface area contributed by atoms with Crippen LogP contribution in [0.15, 0.2) is 30.3 Å². The lowest BCUT2D eigenvalue weighted by Gasteiger charge is -2.38. The average Bonchev–Trinajstić information content (AvgIpc) is 2.48. The molecule has 1 aliphatic heterocycles. The van der Waals surface area contributed by atoms with E-state index >= 15 is 0 Å². The van der Waals surface area contributed by atoms with Crippen molar-refractivity contribution in [1.82, 2.24) is 4.90 Å². The molecule has 0 spiro atoms. The van der Waals surface area contributed by atoms with Gasteiger partial charge in [-0.05, 0) is 44.6 Å². The molecule has 4 heteroatoms. The SMILES string of the molecule is CC(N)C1CCCCN1C(=O)CCCc1ccccc1.Cl. The maximum Gasteiger partial charge on any atom is 0.222 e. The molecule has 0 aliphatic carbocycles. The molecule has 1 saturated heterocycles. The van der Waals surface area contributed by atoms with Crippen LogP contribution in [0.25, 0.3) is 0 Å². The normalized spacial score (nSPS) is 19.7. The van der Waals surface area contributed by atoms with Gasteiger partial charge in [-0.3, -0.25) is 4.79 Å². The number of benzene rings is 1. The third-order valence-electron chi connectivity index (χ3n) is 4.18. The highest BCUT2D eigenvalue weighted by atomic mass is 35.5. The van der Waals surface area contributed by atoms with Gasteiger partial charge in [0, 0.05) is 25.0 Å². The zero-order chi connectivity index (χ0) is 14.4. The fraction of sp³-hybridized carbons (Fsp3) is 0.588. The van der Waals surface area contributed by atoms with Crippen molar-refractivity contribution in [2.45, 2.75) is 57.5 Å². The van der Waals surface area contributed by atoms with Gasteiger partial charge in [0.25, 0.3) is 0 Å². The smallest absolute Gasteiger partial charge is 0.222 e. The van der Waals surface area contributed by atoms with Crippen molar-refractivity contribution < 1.29 is 4.79 Å². The minimum atomic E-state index is 0. The average molecular weight is 311 g/mol.